The van der Waals surface area contributed by atoms with Gasteiger partial charge >= 0.3 is 6.09 Å². The molecule has 0 aromatic rings. The Morgan fingerprint density at radius 1 is 1.00 bits per heavy atom. The van der Waals surface area contributed by atoms with Gasteiger partial charge in [0.25, 0.3) is 0 Å². The second-order valence-corrected chi connectivity index (χ2v) is 7.67. The van der Waals surface area contributed by atoms with Crippen molar-refractivity contribution < 1.29 is 14.3 Å². The number of ether oxygens (including phenoxy) is 1. The van der Waals surface area contributed by atoms with E-state index in [4.69, 9.17) is 4.74 Å². The van der Waals surface area contributed by atoms with Crippen LogP contribution in [0, 0.1) is 0 Å². The zero-order valence-corrected chi connectivity index (χ0v) is 16.8. The van der Waals surface area contributed by atoms with Crippen molar-refractivity contribution in [3.8, 4) is 0 Å². The fourth-order valence-electron chi connectivity index (χ4n) is 2.09. The van der Waals surface area contributed by atoms with Crippen LogP contribution in [0.4, 0.5) is 4.79 Å². The number of nitrogens with one attached hydrogen (secondary N) is 1. The third-order valence-electron chi connectivity index (χ3n) is 3.28. The summed E-state index contributed by atoms with van der Waals surface area (Å²) in [5.41, 5.74) is -0.592. The minimum absolute atomic E-state index is 0.0994. The number of carbonyl (C=O) groups excluding carboxylic acids is 2. The minimum atomic E-state index is -0.681. The van der Waals surface area contributed by atoms with E-state index in [2.05, 4.69) is 17.2 Å². The molecule has 24 heavy (non-hydrogen) atoms. The first kappa shape index (κ1) is 23.0. The molecule has 0 saturated heterocycles. The van der Waals surface area contributed by atoms with Gasteiger partial charge in [-0.2, -0.15) is 4.99 Å². The maximum atomic E-state index is 11.9. The second kappa shape index (κ2) is 13.3. The smallest absolute Gasteiger partial charge is 0.436 e. The molecule has 2 amide bonds. The zero-order chi connectivity index (χ0) is 18.4. The number of aliphatic imine (C=N–C) groups is 1. The van der Waals surface area contributed by atoms with Gasteiger partial charge < -0.3 is 10.1 Å². The van der Waals surface area contributed by atoms with Gasteiger partial charge in [0.2, 0.25) is 5.91 Å². The topological polar surface area (TPSA) is 67.8 Å². The number of carbonyl (C=O) groups is 2. The predicted molar refractivity (Wildman–Crippen MR) is 103 cm³/mol. The molecule has 0 aliphatic rings. The third kappa shape index (κ3) is 14.5. The molecule has 0 heterocycles. The first-order valence-corrected chi connectivity index (χ1v) is 10.2. The van der Waals surface area contributed by atoms with Crippen molar-refractivity contribution in [3.05, 3.63) is 0 Å². The van der Waals surface area contributed by atoms with Gasteiger partial charge in [-0.3, -0.25) is 4.79 Å². The van der Waals surface area contributed by atoms with Crippen LogP contribution in [-0.4, -0.2) is 29.0 Å². The fraction of sp³-hybridized carbons (Fsp3) is 0.833. The molecule has 0 aromatic heterocycles. The van der Waals surface area contributed by atoms with Crippen LogP contribution in [0.3, 0.4) is 0 Å². The van der Waals surface area contributed by atoms with Crippen LogP contribution in [-0.2, 0) is 9.53 Å². The van der Waals surface area contributed by atoms with E-state index in [9.17, 15) is 9.59 Å². The Balaban J connectivity index is 3.96. The van der Waals surface area contributed by atoms with E-state index >= 15 is 0 Å². The van der Waals surface area contributed by atoms with E-state index in [1.54, 1.807) is 27.0 Å². The van der Waals surface area contributed by atoms with Crippen molar-refractivity contribution >= 4 is 28.9 Å². The van der Waals surface area contributed by atoms with E-state index < -0.39 is 11.7 Å². The molecule has 0 atom stereocenters. The van der Waals surface area contributed by atoms with E-state index in [0.29, 0.717) is 6.42 Å². The van der Waals surface area contributed by atoms with Crippen LogP contribution >= 0.6 is 11.8 Å². The molecular weight excluding hydrogens is 324 g/mol. The van der Waals surface area contributed by atoms with Gasteiger partial charge in [0, 0.05) is 6.42 Å². The molecule has 0 radical (unpaired) electrons. The Bertz CT molecular complexity index is 404. The van der Waals surface area contributed by atoms with Gasteiger partial charge in [-0.1, -0.05) is 63.6 Å². The standard InChI is InChI=1S/C18H34N2O3S/c1-6-7-8-9-10-11-12-13-14-15(21)19-16(24-5)20-17(22)23-18(2,3)4/h6-14H2,1-5H3,(H,19,20,21,22). The lowest BCUT2D eigenvalue weighted by Gasteiger charge is -2.17. The lowest BCUT2D eigenvalue weighted by Crippen LogP contribution is -2.30. The molecule has 0 fully saturated rings. The van der Waals surface area contributed by atoms with Crippen LogP contribution < -0.4 is 5.32 Å². The number of hydrogen-bond acceptors (Lipinski definition) is 4. The largest absolute Gasteiger partial charge is 0.442 e. The van der Waals surface area contributed by atoms with Crippen LogP contribution in [0.1, 0.15) is 85.5 Å². The van der Waals surface area contributed by atoms with Crippen molar-refractivity contribution in [2.24, 2.45) is 4.99 Å². The average molecular weight is 359 g/mol. The minimum Gasteiger partial charge on any atom is -0.442 e. The molecule has 0 aliphatic heterocycles. The molecule has 0 bridgehead atoms. The van der Waals surface area contributed by atoms with Crippen LogP contribution in [0.15, 0.2) is 4.99 Å². The summed E-state index contributed by atoms with van der Waals surface area (Å²) < 4.78 is 5.11. The molecule has 140 valence electrons. The van der Waals surface area contributed by atoms with E-state index in [1.807, 2.05) is 0 Å². The number of thioether (sulfide) groups is 1. The number of amidine groups is 1. The van der Waals surface area contributed by atoms with Gasteiger partial charge in [-0.25, -0.2) is 4.79 Å². The molecular formula is C18H34N2O3S. The quantitative estimate of drug-likeness (QED) is 0.345. The highest BCUT2D eigenvalue weighted by atomic mass is 32.2. The SMILES string of the molecule is CCCCCCCCCCC(=O)NC(=NC(=O)OC(C)(C)C)SC. The van der Waals surface area contributed by atoms with Crippen molar-refractivity contribution in [2.45, 2.75) is 91.1 Å². The molecule has 0 spiro atoms. The second-order valence-electron chi connectivity index (χ2n) is 6.87. The lowest BCUT2D eigenvalue weighted by atomic mass is 10.1. The monoisotopic (exact) mass is 358 g/mol. The molecule has 0 aliphatic carbocycles. The molecule has 0 aromatic carbocycles. The maximum Gasteiger partial charge on any atom is 0.436 e. The van der Waals surface area contributed by atoms with Crippen molar-refractivity contribution in [1.82, 2.24) is 5.32 Å². The predicted octanol–water partition coefficient (Wildman–Crippen LogP) is 5.29. The lowest BCUT2D eigenvalue weighted by molar-refractivity contribution is -0.119. The van der Waals surface area contributed by atoms with Crippen LogP contribution in [0.2, 0.25) is 0 Å². The van der Waals surface area contributed by atoms with Gasteiger partial charge in [0.1, 0.15) is 5.60 Å². The van der Waals surface area contributed by atoms with Gasteiger partial charge in [-0.05, 0) is 33.4 Å². The van der Waals surface area contributed by atoms with Crippen LogP contribution in [0.5, 0.6) is 0 Å². The van der Waals surface area contributed by atoms with Gasteiger partial charge in [0.15, 0.2) is 5.17 Å². The summed E-state index contributed by atoms with van der Waals surface area (Å²) in [7, 11) is 0. The van der Waals surface area contributed by atoms with Gasteiger partial charge in [0.05, 0.1) is 0 Å². The molecule has 5 nitrogen and oxygen atoms in total. The summed E-state index contributed by atoms with van der Waals surface area (Å²) in [6, 6.07) is 0. The van der Waals surface area contributed by atoms with E-state index in [0.717, 1.165) is 12.8 Å². The highest BCUT2D eigenvalue weighted by Gasteiger charge is 2.16. The Morgan fingerprint density at radius 3 is 2.04 bits per heavy atom. The molecule has 6 heteroatoms. The number of nitrogens with zero attached hydrogens (tertiary/aromatic N) is 1. The summed E-state index contributed by atoms with van der Waals surface area (Å²) in [4.78, 5) is 27.3. The fourth-order valence-corrected chi connectivity index (χ4v) is 2.48. The number of hydrogen-bond donors (Lipinski definition) is 1. The molecule has 0 unspecified atom stereocenters. The Kier molecular flexibility index (Phi) is 12.7. The van der Waals surface area contributed by atoms with E-state index in [1.165, 1.54) is 50.3 Å². The molecule has 0 rings (SSSR count). The van der Waals surface area contributed by atoms with Crippen molar-refractivity contribution in [3.63, 3.8) is 0 Å². The van der Waals surface area contributed by atoms with Crippen molar-refractivity contribution in [1.29, 1.82) is 0 Å². The third-order valence-corrected chi connectivity index (χ3v) is 3.86. The summed E-state index contributed by atoms with van der Waals surface area (Å²) in [6.45, 7) is 7.55. The molecule has 0 saturated carbocycles. The van der Waals surface area contributed by atoms with E-state index in [-0.39, 0.29) is 11.1 Å². The number of amides is 2. The Morgan fingerprint density at radius 2 is 1.54 bits per heavy atom. The van der Waals surface area contributed by atoms with Gasteiger partial charge in [-0.15, -0.1) is 0 Å². The average Bonchev–Trinajstić information content (AvgIpc) is 2.47. The highest BCUT2D eigenvalue weighted by molar-refractivity contribution is 8.13. The first-order chi connectivity index (χ1) is 11.3. The number of unbranched alkanes of at least 4 members (excludes halogenated alkanes) is 7. The summed E-state index contributed by atoms with van der Waals surface area (Å²) in [5.74, 6) is -0.0994. The summed E-state index contributed by atoms with van der Waals surface area (Å²) in [5, 5.41) is 2.96. The first-order valence-electron chi connectivity index (χ1n) is 8.94. The van der Waals surface area contributed by atoms with Crippen LogP contribution in [0.25, 0.3) is 0 Å². The summed E-state index contributed by atoms with van der Waals surface area (Å²) in [6.07, 6.45) is 11.1. The summed E-state index contributed by atoms with van der Waals surface area (Å²) >= 11 is 1.22. The normalized spacial score (nSPS) is 12.1. The number of rotatable bonds is 9. The van der Waals surface area contributed by atoms with Crippen molar-refractivity contribution in [2.75, 3.05) is 6.26 Å². The Labute approximate surface area is 151 Å². The molecule has 1 N–H and O–H groups in total. The zero-order valence-electron chi connectivity index (χ0n) is 15.9. The Hall–Kier alpha value is -1.04. The highest BCUT2D eigenvalue weighted by Crippen LogP contribution is 2.11. The maximum absolute atomic E-state index is 11.9.